The summed E-state index contributed by atoms with van der Waals surface area (Å²) in [6.45, 7) is 6.22. The zero-order valence-corrected chi connectivity index (χ0v) is 10.9. The topological polar surface area (TPSA) is 45.0 Å². The van der Waals surface area contributed by atoms with Gasteiger partial charge in [0.05, 0.1) is 18.2 Å². The molecule has 0 atom stereocenters. The van der Waals surface area contributed by atoms with E-state index in [1.165, 1.54) is 12.1 Å². The van der Waals surface area contributed by atoms with E-state index < -0.39 is 5.82 Å². The first-order valence-corrected chi connectivity index (χ1v) is 6.14. The van der Waals surface area contributed by atoms with Crippen molar-refractivity contribution in [2.75, 3.05) is 25.1 Å². The Morgan fingerprint density at radius 2 is 2.11 bits per heavy atom. The molecule has 0 fully saturated rings. The Bertz CT molecular complexity index is 413. The minimum Gasteiger partial charge on any atom is -0.383 e. The van der Waals surface area contributed by atoms with E-state index in [0.717, 1.165) is 13.0 Å². The zero-order valence-electron chi connectivity index (χ0n) is 10.9. The van der Waals surface area contributed by atoms with Crippen molar-refractivity contribution >= 4 is 5.69 Å². The van der Waals surface area contributed by atoms with Crippen LogP contribution in [0.3, 0.4) is 0 Å². The van der Waals surface area contributed by atoms with Crippen LogP contribution in [0, 0.1) is 23.1 Å². The lowest BCUT2D eigenvalue weighted by Crippen LogP contribution is -2.11. The van der Waals surface area contributed by atoms with Crippen molar-refractivity contribution in [3.8, 4) is 6.07 Å². The van der Waals surface area contributed by atoms with Crippen LogP contribution in [0.15, 0.2) is 18.2 Å². The molecule has 0 aliphatic carbocycles. The van der Waals surface area contributed by atoms with E-state index in [0.29, 0.717) is 30.3 Å². The molecule has 1 rings (SSSR count). The molecule has 0 saturated heterocycles. The minimum atomic E-state index is -0.405. The molecule has 1 aromatic rings. The smallest absolute Gasteiger partial charge is 0.126 e. The number of benzene rings is 1. The Labute approximate surface area is 108 Å². The van der Waals surface area contributed by atoms with Crippen LogP contribution in [0.2, 0.25) is 0 Å². The predicted molar refractivity (Wildman–Crippen MR) is 69.9 cm³/mol. The number of hydrogen-bond donors (Lipinski definition) is 1. The number of ether oxygens (including phenoxy) is 1. The number of nitrogens with zero attached hydrogens (tertiary/aromatic N) is 1. The van der Waals surface area contributed by atoms with Gasteiger partial charge in [0.1, 0.15) is 5.82 Å². The predicted octanol–water partition coefficient (Wildman–Crippen LogP) is 3.17. The van der Waals surface area contributed by atoms with Gasteiger partial charge < -0.3 is 10.1 Å². The lowest BCUT2D eigenvalue weighted by atomic mass is 10.1. The molecule has 0 unspecified atom stereocenters. The van der Waals surface area contributed by atoms with Gasteiger partial charge in [0.25, 0.3) is 0 Å². The van der Waals surface area contributed by atoms with E-state index in [-0.39, 0.29) is 0 Å². The molecule has 3 nitrogen and oxygen atoms in total. The van der Waals surface area contributed by atoms with Gasteiger partial charge in [-0.15, -0.1) is 0 Å². The summed E-state index contributed by atoms with van der Waals surface area (Å²) in [5.74, 6) is 0.233. The van der Waals surface area contributed by atoms with Gasteiger partial charge in [0.2, 0.25) is 0 Å². The van der Waals surface area contributed by atoms with E-state index in [4.69, 9.17) is 10.00 Å². The largest absolute Gasteiger partial charge is 0.383 e. The first kappa shape index (κ1) is 14.5. The standard InChI is InChI=1S/C14H19FN2O/c1-11(2)3-5-18-6-4-17-14-8-12(10-16)7-13(15)9-14/h7-9,11,17H,3-6H2,1-2H3. The second-order valence-electron chi connectivity index (χ2n) is 4.56. The van der Waals surface area contributed by atoms with E-state index in [9.17, 15) is 4.39 Å². The molecule has 1 N–H and O–H groups in total. The van der Waals surface area contributed by atoms with Crippen molar-refractivity contribution < 1.29 is 9.13 Å². The van der Waals surface area contributed by atoms with Crippen molar-refractivity contribution in [3.05, 3.63) is 29.6 Å². The van der Waals surface area contributed by atoms with Crippen molar-refractivity contribution in [2.45, 2.75) is 20.3 Å². The maximum Gasteiger partial charge on any atom is 0.126 e. The molecule has 98 valence electrons. The summed E-state index contributed by atoms with van der Waals surface area (Å²) in [6, 6.07) is 6.12. The summed E-state index contributed by atoms with van der Waals surface area (Å²) in [5.41, 5.74) is 0.928. The fourth-order valence-corrected chi connectivity index (χ4v) is 1.44. The average molecular weight is 250 g/mol. The Morgan fingerprint density at radius 3 is 2.78 bits per heavy atom. The minimum absolute atomic E-state index is 0.318. The molecule has 0 aromatic heterocycles. The van der Waals surface area contributed by atoms with Crippen LogP contribution in [-0.2, 0) is 4.74 Å². The first-order valence-electron chi connectivity index (χ1n) is 6.14. The van der Waals surface area contributed by atoms with Crippen molar-refractivity contribution in [1.82, 2.24) is 0 Å². The Morgan fingerprint density at radius 1 is 1.33 bits per heavy atom. The van der Waals surface area contributed by atoms with Gasteiger partial charge >= 0.3 is 0 Å². The second-order valence-corrected chi connectivity index (χ2v) is 4.56. The van der Waals surface area contributed by atoms with Crippen LogP contribution >= 0.6 is 0 Å². The third kappa shape index (κ3) is 5.65. The number of rotatable bonds is 7. The molecule has 0 bridgehead atoms. The quantitative estimate of drug-likeness (QED) is 0.756. The van der Waals surface area contributed by atoms with Crippen LogP contribution in [0.25, 0.3) is 0 Å². The molecular weight excluding hydrogens is 231 g/mol. The highest BCUT2D eigenvalue weighted by Gasteiger charge is 2.00. The van der Waals surface area contributed by atoms with Gasteiger partial charge in [0, 0.05) is 18.8 Å². The Hall–Kier alpha value is -1.60. The Kier molecular flexibility index (Phi) is 6.16. The highest BCUT2D eigenvalue weighted by molar-refractivity contribution is 5.49. The molecule has 0 aliphatic rings. The summed E-state index contributed by atoms with van der Waals surface area (Å²) >= 11 is 0. The number of hydrogen-bond acceptors (Lipinski definition) is 3. The monoisotopic (exact) mass is 250 g/mol. The molecule has 0 saturated carbocycles. The normalized spacial score (nSPS) is 10.4. The number of nitrogens with one attached hydrogen (secondary N) is 1. The van der Waals surface area contributed by atoms with Crippen molar-refractivity contribution in [1.29, 1.82) is 5.26 Å². The lowest BCUT2D eigenvalue weighted by molar-refractivity contribution is 0.132. The molecule has 1 aromatic carbocycles. The first-order chi connectivity index (χ1) is 8.61. The van der Waals surface area contributed by atoms with Crippen LogP contribution in [0.5, 0.6) is 0 Å². The highest BCUT2D eigenvalue weighted by Crippen LogP contribution is 2.12. The van der Waals surface area contributed by atoms with Crippen LogP contribution in [-0.4, -0.2) is 19.8 Å². The molecule has 0 amide bonds. The zero-order chi connectivity index (χ0) is 13.4. The van der Waals surface area contributed by atoms with Crippen LogP contribution in [0.1, 0.15) is 25.8 Å². The van der Waals surface area contributed by atoms with Gasteiger partial charge in [-0.3, -0.25) is 0 Å². The van der Waals surface area contributed by atoms with E-state index in [1.54, 1.807) is 6.07 Å². The third-order valence-electron chi connectivity index (χ3n) is 2.44. The summed E-state index contributed by atoms with van der Waals surface area (Å²) in [6.07, 6.45) is 1.04. The van der Waals surface area contributed by atoms with Crippen molar-refractivity contribution in [2.24, 2.45) is 5.92 Å². The van der Waals surface area contributed by atoms with Gasteiger partial charge in [-0.2, -0.15) is 5.26 Å². The number of nitriles is 1. The molecule has 0 heterocycles. The fraction of sp³-hybridized carbons (Fsp3) is 0.500. The molecule has 0 spiro atoms. The van der Waals surface area contributed by atoms with E-state index in [2.05, 4.69) is 19.2 Å². The van der Waals surface area contributed by atoms with Gasteiger partial charge in [-0.1, -0.05) is 13.8 Å². The molecule has 0 aliphatic heterocycles. The number of halogens is 1. The molecular formula is C14H19FN2O. The summed E-state index contributed by atoms with van der Waals surface area (Å²) in [5, 5.41) is 11.7. The highest BCUT2D eigenvalue weighted by atomic mass is 19.1. The van der Waals surface area contributed by atoms with E-state index >= 15 is 0 Å². The average Bonchev–Trinajstić information content (AvgIpc) is 2.32. The number of anilines is 1. The van der Waals surface area contributed by atoms with Crippen LogP contribution in [0.4, 0.5) is 10.1 Å². The Balaban J connectivity index is 2.27. The summed E-state index contributed by atoms with van der Waals surface area (Å²) in [4.78, 5) is 0. The van der Waals surface area contributed by atoms with Gasteiger partial charge in [-0.25, -0.2) is 4.39 Å². The summed E-state index contributed by atoms with van der Waals surface area (Å²) in [7, 11) is 0. The molecule has 4 heteroatoms. The lowest BCUT2D eigenvalue weighted by Gasteiger charge is -2.09. The van der Waals surface area contributed by atoms with Crippen LogP contribution < -0.4 is 5.32 Å². The van der Waals surface area contributed by atoms with Gasteiger partial charge in [0.15, 0.2) is 0 Å². The maximum atomic E-state index is 13.1. The molecule has 0 radical (unpaired) electrons. The summed E-state index contributed by atoms with van der Waals surface area (Å²) < 4.78 is 18.5. The third-order valence-corrected chi connectivity index (χ3v) is 2.44. The van der Waals surface area contributed by atoms with Gasteiger partial charge in [-0.05, 0) is 30.5 Å². The van der Waals surface area contributed by atoms with Crippen molar-refractivity contribution in [3.63, 3.8) is 0 Å². The fourth-order valence-electron chi connectivity index (χ4n) is 1.44. The van der Waals surface area contributed by atoms with E-state index in [1.807, 2.05) is 6.07 Å². The molecule has 18 heavy (non-hydrogen) atoms. The SMILES string of the molecule is CC(C)CCOCCNc1cc(F)cc(C#N)c1. The second kappa shape index (κ2) is 7.67. The maximum absolute atomic E-state index is 13.1.